The van der Waals surface area contributed by atoms with Crippen LogP contribution in [0.5, 0.6) is 0 Å². The summed E-state index contributed by atoms with van der Waals surface area (Å²) in [6.07, 6.45) is 8.64. The standard InChI is InChI=1S/C16H24N2/c1-13-12-14(4-5-15(13)17)18-10-8-16(9-11-18)6-2-3-7-16/h4-5,12H,2-3,6-11,17H2,1H3. The van der Waals surface area contributed by atoms with Crippen LogP contribution in [0.2, 0.25) is 0 Å². The summed E-state index contributed by atoms with van der Waals surface area (Å²) < 4.78 is 0. The fourth-order valence-electron chi connectivity index (χ4n) is 3.72. The second-order valence-corrected chi connectivity index (χ2v) is 6.24. The molecule has 0 aromatic heterocycles. The smallest absolute Gasteiger partial charge is 0.0370 e. The molecule has 0 amide bonds. The maximum absolute atomic E-state index is 5.89. The fraction of sp³-hybridized carbons (Fsp3) is 0.625. The molecule has 1 heterocycles. The number of benzene rings is 1. The van der Waals surface area contributed by atoms with Crippen LogP contribution in [-0.4, -0.2) is 13.1 Å². The Morgan fingerprint density at radius 2 is 1.72 bits per heavy atom. The van der Waals surface area contributed by atoms with E-state index in [1.807, 2.05) is 6.07 Å². The van der Waals surface area contributed by atoms with E-state index in [9.17, 15) is 0 Å². The van der Waals surface area contributed by atoms with Gasteiger partial charge in [0, 0.05) is 24.5 Å². The third-order valence-electron chi connectivity index (χ3n) is 5.11. The Kier molecular flexibility index (Phi) is 2.96. The monoisotopic (exact) mass is 244 g/mol. The number of hydrogen-bond donors (Lipinski definition) is 1. The third-order valence-corrected chi connectivity index (χ3v) is 5.11. The van der Waals surface area contributed by atoms with Crippen LogP contribution >= 0.6 is 0 Å². The highest BCUT2D eigenvalue weighted by Crippen LogP contribution is 2.46. The van der Waals surface area contributed by atoms with Crippen molar-refractivity contribution >= 4 is 11.4 Å². The number of hydrogen-bond acceptors (Lipinski definition) is 2. The summed E-state index contributed by atoms with van der Waals surface area (Å²) in [7, 11) is 0. The van der Waals surface area contributed by atoms with E-state index in [-0.39, 0.29) is 0 Å². The molecule has 0 bridgehead atoms. The molecule has 2 heteroatoms. The van der Waals surface area contributed by atoms with Gasteiger partial charge in [0.1, 0.15) is 0 Å². The first-order valence-electron chi connectivity index (χ1n) is 7.30. The van der Waals surface area contributed by atoms with E-state index in [1.165, 1.54) is 62.9 Å². The van der Waals surface area contributed by atoms with Gasteiger partial charge in [0.2, 0.25) is 0 Å². The lowest BCUT2D eigenvalue weighted by atomic mass is 9.77. The van der Waals surface area contributed by atoms with Gasteiger partial charge in [0.15, 0.2) is 0 Å². The molecule has 1 aliphatic heterocycles. The summed E-state index contributed by atoms with van der Waals surface area (Å²) in [5.74, 6) is 0. The van der Waals surface area contributed by atoms with Crippen LogP contribution in [-0.2, 0) is 0 Å². The van der Waals surface area contributed by atoms with Gasteiger partial charge in [0.05, 0.1) is 0 Å². The molecule has 18 heavy (non-hydrogen) atoms. The average molecular weight is 244 g/mol. The summed E-state index contributed by atoms with van der Waals surface area (Å²) >= 11 is 0. The van der Waals surface area contributed by atoms with E-state index in [0.717, 1.165) is 5.69 Å². The zero-order valence-corrected chi connectivity index (χ0v) is 11.4. The third kappa shape index (κ3) is 2.09. The first-order chi connectivity index (χ1) is 8.69. The number of rotatable bonds is 1. The van der Waals surface area contributed by atoms with Gasteiger partial charge in [0.25, 0.3) is 0 Å². The van der Waals surface area contributed by atoms with Crippen LogP contribution in [0, 0.1) is 12.3 Å². The first kappa shape index (κ1) is 11.9. The molecule has 2 nitrogen and oxygen atoms in total. The lowest BCUT2D eigenvalue weighted by molar-refractivity contribution is 0.226. The number of nitrogen functional groups attached to an aromatic ring is 1. The van der Waals surface area contributed by atoms with E-state index in [4.69, 9.17) is 5.73 Å². The highest BCUT2D eigenvalue weighted by Gasteiger charge is 2.36. The first-order valence-corrected chi connectivity index (χ1v) is 7.30. The Hall–Kier alpha value is -1.18. The van der Waals surface area contributed by atoms with Crippen molar-refractivity contribution in [3.8, 4) is 0 Å². The number of aryl methyl sites for hydroxylation is 1. The van der Waals surface area contributed by atoms with Crippen LogP contribution < -0.4 is 10.6 Å². The molecule has 2 fully saturated rings. The molecule has 1 spiro atoms. The molecular formula is C16H24N2. The Morgan fingerprint density at radius 3 is 2.33 bits per heavy atom. The summed E-state index contributed by atoms with van der Waals surface area (Å²) in [6.45, 7) is 4.55. The zero-order valence-electron chi connectivity index (χ0n) is 11.4. The van der Waals surface area contributed by atoms with Crippen molar-refractivity contribution in [2.45, 2.75) is 45.4 Å². The van der Waals surface area contributed by atoms with Crippen LogP contribution in [0.3, 0.4) is 0 Å². The summed E-state index contributed by atoms with van der Waals surface area (Å²) in [5.41, 5.74) is 10.1. The Morgan fingerprint density at radius 1 is 1.06 bits per heavy atom. The summed E-state index contributed by atoms with van der Waals surface area (Å²) in [6, 6.07) is 6.46. The lowest BCUT2D eigenvalue weighted by Crippen LogP contribution is -2.38. The van der Waals surface area contributed by atoms with E-state index < -0.39 is 0 Å². The maximum Gasteiger partial charge on any atom is 0.0370 e. The molecule has 1 aliphatic carbocycles. The van der Waals surface area contributed by atoms with Gasteiger partial charge < -0.3 is 10.6 Å². The zero-order chi connectivity index (χ0) is 12.6. The topological polar surface area (TPSA) is 29.3 Å². The van der Waals surface area contributed by atoms with Gasteiger partial charge in [-0.3, -0.25) is 0 Å². The minimum atomic E-state index is 0.708. The van der Waals surface area contributed by atoms with Gasteiger partial charge in [-0.05, 0) is 61.8 Å². The molecule has 1 saturated heterocycles. The molecule has 0 unspecified atom stereocenters. The number of nitrogens with zero attached hydrogens (tertiary/aromatic N) is 1. The molecular weight excluding hydrogens is 220 g/mol. The molecule has 98 valence electrons. The van der Waals surface area contributed by atoms with Crippen molar-refractivity contribution in [3.05, 3.63) is 23.8 Å². The quantitative estimate of drug-likeness (QED) is 0.763. The maximum atomic E-state index is 5.89. The van der Waals surface area contributed by atoms with Gasteiger partial charge in [-0.2, -0.15) is 0 Å². The largest absolute Gasteiger partial charge is 0.399 e. The minimum absolute atomic E-state index is 0.708. The predicted octanol–water partition coefficient (Wildman–Crippen LogP) is 3.74. The highest BCUT2D eigenvalue weighted by atomic mass is 15.1. The number of nitrogens with two attached hydrogens (primary N) is 1. The van der Waals surface area contributed by atoms with Gasteiger partial charge in [-0.25, -0.2) is 0 Å². The normalized spacial score (nSPS) is 22.6. The average Bonchev–Trinajstić information content (AvgIpc) is 2.82. The van der Waals surface area contributed by atoms with E-state index in [1.54, 1.807) is 0 Å². The second kappa shape index (κ2) is 4.49. The van der Waals surface area contributed by atoms with E-state index in [2.05, 4.69) is 24.0 Å². The number of piperidine rings is 1. The van der Waals surface area contributed by atoms with Gasteiger partial charge in [-0.1, -0.05) is 12.8 Å². The Bertz CT molecular complexity index is 423. The van der Waals surface area contributed by atoms with Gasteiger partial charge in [-0.15, -0.1) is 0 Å². The van der Waals surface area contributed by atoms with Crippen LogP contribution in [0.15, 0.2) is 18.2 Å². The van der Waals surface area contributed by atoms with Crippen molar-refractivity contribution in [2.24, 2.45) is 5.41 Å². The van der Waals surface area contributed by atoms with Crippen LogP contribution in [0.25, 0.3) is 0 Å². The fourth-order valence-corrected chi connectivity index (χ4v) is 3.72. The summed E-state index contributed by atoms with van der Waals surface area (Å²) in [5, 5.41) is 0. The summed E-state index contributed by atoms with van der Waals surface area (Å²) in [4.78, 5) is 2.54. The molecule has 1 aromatic carbocycles. The van der Waals surface area contributed by atoms with Crippen molar-refractivity contribution in [3.63, 3.8) is 0 Å². The van der Waals surface area contributed by atoms with E-state index in [0.29, 0.717) is 5.41 Å². The van der Waals surface area contributed by atoms with Crippen LogP contribution in [0.4, 0.5) is 11.4 Å². The molecule has 0 atom stereocenters. The van der Waals surface area contributed by atoms with Crippen molar-refractivity contribution in [2.75, 3.05) is 23.7 Å². The van der Waals surface area contributed by atoms with Crippen LogP contribution in [0.1, 0.15) is 44.1 Å². The van der Waals surface area contributed by atoms with Gasteiger partial charge >= 0.3 is 0 Å². The predicted molar refractivity (Wildman–Crippen MR) is 77.9 cm³/mol. The molecule has 1 saturated carbocycles. The van der Waals surface area contributed by atoms with Crippen molar-refractivity contribution in [1.29, 1.82) is 0 Å². The highest BCUT2D eigenvalue weighted by molar-refractivity contribution is 5.58. The Labute approximate surface area is 110 Å². The number of anilines is 2. The van der Waals surface area contributed by atoms with Crippen molar-refractivity contribution in [1.82, 2.24) is 0 Å². The minimum Gasteiger partial charge on any atom is -0.399 e. The molecule has 3 rings (SSSR count). The molecule has 2 aliphatic rings. The van der Waals surface area contributed by atoms with E-state index >= 15 is 0 Å². The molecule has 0 radical (unpaired) electrons. The van der Waals surface area contributed by atoms with Crippen molar-refractivity contribution < 1.29 is 0 Å². The molecule has 1 aromatic rings. The second-order valence-electron chi connectivity index (χ2n) is 6.24. The lowest BCUT2D eigenvalue weighted by Gasteiger charge is -2.40. The SMILES string of the molecule is Cc1cc(N2CCC3(CCCC3)CC2)ccc1N. The Balaban J connectivity index is 1.70. The molecule has 2 N–H and O–H groups in total.